The molecule has 0 bridgehead atoms. The van der Waals surface area contributed by atoms with Gasteiger partial charge in [0.25, 0.3) is 0 Å². The van der Waals surface area contributed by atoms with Gasteiger partial charge in [-0.05, 0) is 92.4 Å². The van der Waals surface area contributed by atoms with Crippen molar-refractivity contribution in [1.82, 2.24) is 4.90 Å². The second-order valence-corrected chi connectivity index (χ2v) is 12.5. The van der Waals surface area contributed by atoms with Crippen LogP contribution in [0.2, 0.25) is 0 Å². The minimum Gasteiger partial charge on any atom is -0.381 e. The van der Waals surface area contributed by atoms with Crippen LogP contribution in [0.25, 0.3) is 0 Å². The Morgan fingerprint density at radius 1 is 0.838 bits per heavy atom. The average molecular weight is 512 g/mol. The van der Waals surface area contributed by atoms with Crippen molar-refractivity contribution in [3.8, 4) is 0 Å². The normalized spacial score (nSPS) is 25.1. The molecule has 37 heavy (non-hydrogen) atoms. The predicted molar refractivity (Wildman–Crippen MR) is 155 cm³/mol. The molecule has 4 fully saturated rings. The molecule has 5 heteroatoms. The molecule has 1 aromatic rings. The second kappa shape index (κ2) is 12.7. The number of piperidine rings is 1. The Bertz CT molecular complexity index is 824. The lowest BCUT2D eigenvalue weighted by atomic mass is 9.66. The SMILES string of the molecule is CCC1(CC)CCC(c2cc(N3CCC(OC)CC3)ccc2N2CCN(CC3CCOCC3)CC2)CC1. The van der Waals surface area contributed by atoms with E-state index in [-0.39, 0.29) is 0 Å². The summed E-state index contributed by atoms with van der Waals surface area (Å²) in [5, 5.41) is 0. The molecular weight excluding hydrogens is 458 g/mol. The first-order valence-corrected chi connectivity index (χ1v) is 15.6. The molecule has 0 N–H and O–H groups in total. The van der Waals surface area contributed by atoms with Gasteiger partial charge in [0, 0.05) is 77.5 Å². The van der Waals surface area contributed by atoms with Gasteiger partial charge >= 0.3 is 0 Å². The summed E-state index contributed by atoms with van der Waals surface area (Å²) in [5.74, 6) is 1.54. The molecule has 5 nitrogen and oxygen atoms in total. The number of methoxy groups -OCH3 is 1. The second-order valence-electron chi connectivity index (χ2n) is 12.5. The van der Waals surface area contributed by atoms with Gasteiger partial charge in [0.1, 0.15) is 0 Å². The first-order valence-electron chi connectivity index (χ1n) is 15.6. The Labute approximate surface area is 226 Å². The number of rotatable bonds is 8. The van der Waals surface area contributed by atoms with Crippen LogP contribution in [0.15, 0.2) is 18.2 Å². The lowest BCUT2D eigenvalue weighted by molar-refractivity contribution is 0.0517. The van der Waals surface area contributed by atoms with Crippen molar-refractivity contribution in [2.45, 2.75) is 90.1 Å². The van der Waals surface area contributed by atoms with Crippen LogP contribution < -0.4 is 9.80 Å². The van der Waals surface area contributed by atoms with E-state index in [9.17, 15) is 0 Å². The highest BCUT2D eigenvalue weighted by atomic mass is 16.5. The zero-order valence-corrected chi connectivity index (χ0v) is 24.1. The number of ether oxygens (including phenoxy) is 2. The summed E-state index contributed by atoms with van der Waals surface area (Å²) in [5.41, 5.74) is 5.21. The maximum Gasteiger partial charge on any atom is 0.0605 e. The van der Waals surface area contributed by atoms with E-state index < -0.39 is 0 Å². The molecular formula is C32H53N3O2. The van der Waals surface area contributed by atoms with Gasteiger partial charge in [0.2, 0.25) is 0 Å². The van der Waals surface area contributed by atoms with Crippen LogP contribution >= 0.6 is 0 Å². The molecule has 0 atom stereocenters. The number of benzene rings is 1. The number of nitrogens with zero attached hydrogens (tertiary/aromatic N) is 3. The maximum absolute atomic E-state index is 5.65. The van der Waals surface area contributed by atoms with Crippen LogP contribution in [0.4, 0.5) is 11.4 Å². The fourth-order valence-corrected chi connectivity index (χ4v) is 7.67. The van der Waals surface area contributed by atoms with Gasteiger partial charge in [-0.1, -0.05) is 26.7 Å². The van der Waals surface area contributed by atoms with Crippen molar-refractivity contribution in [2.24, 2.45) is 11.3 Å². The van der Waals surface area contributed by atoms with Crippen LogP contribution in [0.3, 0.4) is 0 Å². The summed E-state index contributed by atoms with van der Waals surface area (Å²) >= 11 is 0. The molecule has 3 aliphatic heterocycles. The zero-order valence-electron chi connectivity index (χ0n) is 24.1. The molecule has 5 rings (SSSR count). The molecule has 0 amide bonds. The largest absolute Gasteiger partial charge is 0.381 e. The highest BCUT2D eigenvalue weighted by molar-refractivity contribution is 5.63. The summed E-state index contributed by atoms with van der Waals surface area (Å²) in [6.07, 6.45) is 13.4. The predicted octanol–water partition coefficient (Wildman–Crippen LogP) is 6.31. The van der Waals surface area contributed by atoms with Gasteiger partial charge in [-0.3, -0.25) is 4.90 Å². The van der Waals surface area contributed by atoms with Gasteiger partial charge < -0.3 is 19.3 Å². The molecule has 4 aliphatic rings. The lowest BCUT2D eigenvalue weighted by Gasteiger charge is -2.42. The Kier molecular flexibility index (Phi) is 9.36. The van der Waals surface area contributed by atoms with Crippen molar-refractivity contribution < 1.29 is 9.47 Å². The first-order chi connectivity index (χ1) is 18.1. The van der Waals surface area contributed by atoms with Crippen molar-refractivity contribution in [2.75, 3.05) is 75.9 Å². The number of hydrogen-bond donors (Lipinski definition) is 0. The molecule has 1 aromatic carbocycles. The van der Waals surface area contributed by atoms with Crippen LogP contribution in [-0.2, 0) is 9.47 Å². The quantitative estimate of drug-likeness (QED) is 0.408. The molecule has 3 saturated heterocycles. The molecule has 0 spiro atoms. The van der Waals surface area contributed by atoms with Crippen molar-refractivity contribution >= 4 is 11.4 Å². The Morgan fingerprint density at radius 3 is 2.14 bits per heavy atom. The van der Waals surface area contributed by atoms with Crippen LogP contribution in [0.1, 0.15) is 89.5 Å². The van der Waals surface area contributed by atoms with E-state index in [1.165, 1.54) is 82.4 Å². The standard InChI is InChI=1S/C32H53N3O2/c1-4-32(5-2)14-8-27(9-15-32)30-24-28(34-16-10-29(36-3)11-17-34)6-7-31(30)35-20-18-33(19-21-35)25-26-12-22-37-23-13-26/h6-7,24,26-27,29H,4-5,8-23,25H2,1-3H3. The van der Waals surface area contributed by atoms with E-state index in [2.05, 4.69) is 46.7 Å². The van der Waals surface area contributed by atoms with Gasteiger partial charge in [0.15, 0.2) is 0 Å². The molecule has 0 unspecified atom stereocenters. The van der Waals surface area contributed by atoms with Crippen molar-refractivity contribution in [1.29, 1.82) is 0 Å². The molecule has 1 aliphatic carbocycles. The maximum atomic E-state index is 5.65. The van der Waals surface area contributed by atoms with E-state index in [0.717, 1.165) is 58.2 Å². The molecule has 0 radical (unpaired) electrons. The minimum absolute atomic E-state index is 0.432. The number of hydrogen-bond acceptors (Lipinski definition) is 5. The highest BCUT2D eigenvalue weighted by Crippen LogP contribution is 2.49. The summed E-state index contributed by atoms with van der Waals surface area (Å²) < 4.78 is 11.2. The van der Waals surface area contributed by atoms with E-state index in [1.54, 1.807) is 5.56 Å². The molecule has 208 valence electrons. The van der Waals surface area contributed by atoms with Crippen LogP contribution in [0, 0.1) is 11.3 Å². The Hall–Kier alpha value is -1.30. The van der Waals surface area contributed by atoms with Gasteiger partial charge in [0.05, 0.1) is 6.10 Å². The molecule has 0 aromatic heterocycles. The van der Waals surface area contributed by atoms with E-state index in [1.807, 2.05) is 7.11 Å². The molecule has 1 saturated carbocycles. The number of piperazine rings is 1. The third-order valence-electron chi connectivity index (χ3n) is 10.7. The van der Waals surface area contributed by atoms with Gasteiger partial charge in [-0.2, -0.15) is 0 Å². The van der Waals surface area contributed by atoms with Crippen LogP contribution in [0.5, 0.6) is 0 Å². The van der Waals surface area contributed by atoms with E-state index in [4.69, 9.17) is 9.47 Å². The molecule has 3 heterocycles. The third kappa shape index (κ3) is 6.47. The van der Waals surface area contributed by atoms with Gasteiger partial charge in [-0.15, -0.1) is 0 Å². The summed E-state index contributed by atoms with van der Waals surface area (Å²) in [6, 6.07) is 7.51. The Morgan fingerprint density at radius 2 is 1.51 bits per heavy atom. The topological polar surface area (TPSA) is 28.2 Å². The zero-order chi connectivity index (χ0) is 25.7. The lowest BCUT2D eigenvalue weighted by Crippen LogP contribution is -2.48. The average Bonchev–Trinajstić information content (AvgIpc) is 2.98. The third-order valence-corrected chi connectivity index (χ3v) is 10.7. The van der Waals surface area contributed by atoms with E-state index in [0.29, 0.717) is 17.4 Å². The summed E-state index contributed by atoms with van der Waals surface area (Å²) in [6.45, 7) is 15.0. The first kappa shape index (κ1) is 27.3. The van der Waals surface area contributed by atoms with Gasteiger partial charge in [-0.25, -0.2) is 0 Å². The van der Waals surface area contributed by atoms with Crippen molar-refractivity contribution in [3.05, 3.63) is 23.8 Å². The van der Waals surface area contributed by atoms with E-state index >= 15 is 0 Å². The number of anilines is 2. The van der Waals surface area contributed by atoms with Crippen molar-refractivity contribution in [3.63, 3.8) is 0 Å². The summed E-state index contributed by atoms with van der Waals surface area (Å²) in [4.78, 5) is 8.05. The Balaban J connectivity index is 1.30. The summed E-state index contributed by atoms with van der Waals surface area (Å²) in [7, 11) is 1.87. The van der Waals surface area contributed by atoms with Crippen LogP contribution in [-0.4, -0.2) is 77.1 Å². The minimum atomic E-state index is 0.432. The fourth-order valence-electron chi connectivity index (χ4n) is 7.67. The fraction of sp³-hybridized carbons (Fsp3) is 0.812. The smallest absolute Gasteiger partial charge is 0.0605 e. The highest BCUT2D eigenvalue weighted by Gasteiger charge is 2.34. The monoisotopic (exact) mass is 511 g/mol.